The summed E-state index contributed by atoms with van der Waals surface area (Å²) < 4.78 is 32.5. The summed E-state index contributed by atoms with van der Waals surface area (Å²) >= 11 is 0. The van der Waals surface area contributed by atoms with E-state index in [-0.39, 0.29) is 16.7 Å². The van der Waals surface area contributed by atoms with Crippen LogP contribution in [0.25, 0.3) is 0 Å². The van der Waals surface area contributed by atoms with Gasteiger partial charge in [0.05, 0.1) is 24.7 Å². The molecule has 0 N–H and O–H groups in total. The fraction of sp³-hybridized carbons (Fsp3) is 0.636. The molecule has 1 aromatic rings. The quantitative estimate of drug-likeness (QED) is 0.630. The first kappa shape index (κ1) is 23.2. The normalized spacial score (nSPS) is 21.5. The molecule has 0 bridgehead atoms. The lowest BCUT2D eigenvalue weighted by Crippen LogP contribution is -2.52. The lowest BCUT2D eigenvalue weighted by atomic mass is 10.1. The summed E-state index contributed by atoms with van der Waals surface area (Å²) in [4.78, 5) is 31.5. The Kier molecular flexibility index (Phi) is 7.44. The highest BCUT2D eigenvalue weighted by Crippen LogP contribution is 2.20. The Morgan fingerprint density at radius 1 is 0.844 bits per heavy atom. The summed E-state index contributed by atoms with van der Waals surface area (Å²) in [5.41, 5.74) is 0.372. The maximum Gasteiger partial charge on any atom is 0.253 e. The van der Waals surface area contributed by atoms with Gasteiger partial charge in [-0.15, -0.1) is 0 Å². The van der Waals surface area contributed by atoms with Crippen LogP contribution in [0.15, 0.2) is 29.2 Å². The van der Waals surface area contributed by atoms with Crippen molar-refractivity contribution in [3.63, 3.8) is 0 Å². The van der Waals surface area contributed by atoms with Gasteiger partial charge in [0.15, 0.2) is 0 Å². The van der Waals surface area contributed by atoms with Crippen molar-refractivity contribution in [3.8, 4) is 0 Å². The molecule has 1 aromatic carbocycles. The zero-order valence-electron chi connectivity index (χ0n) is 18.4. The van der Waals surface area contributed by atoms with E-state index in [0.29, 0.717) is 64.6 Å². The molecule has 3 aliphatic rings. The van der Waals surface area contributed by atoms with E-state index in [4.69, 9.17) is 4.74 Å². The molecule has 0 unspecified atom stereocenters. The number of piperidine rings is 1. The van der Waals surface area contributed by atoms with Gasteiger partial charge in [0.1, 0.15) is 0 Å². The Labute approximate surface area is 189 Å². The molecule has 9 nitrogen and oxygen atoms in total. The Morgan fingerprint density at radius 3 is 2.22 bits per heavy atom. The summed E-state index contributed by atoms with van der Waals surface area (Å²) in [6.45, 7) is 5.80. The molecule has 4 rings (SSSR count). The van der Waals surface area contributed by atoms with Crippen LogP contribution in [0.1, 0.15) is 29.6 Å². The maximum atomic E-state index is 13.0. The van der Waals surface area contributed by atoms with Gasteiger partial charge in [-0.05, 0) is 37.5 Å². The number of sulfonamides is 1. The largest absolute Gasteiger partial charge is 0.379 e. The molecule has 10 heteroatoms. The number of benzene rings is 1. The number of piperazine rings is 1. The zero-order valence-corrected chi connectivity index (χ0v) is 19.3. The van der Waals surface area contributed by atoms with Gasteiger partial charge in [0.2, 0.25) is 15.9 Å². The van der Waals surface area contributed by atoms with Crippen LogP contribution in [0.5, 0.6) is 0 Å². The number of rotatable bonds is 5. The third-order valence-corrected chi connectivity index (χ3v) is 8.31. The van der Waals surface area contributed by atoms with E-state index in [2.05, 4.69) is 4.90 Å². The van der Waals surface area contributed by atoms with Gasteiger partial charge in [-0.3, -0.25) is 14.5 Å². The van der Waals surface area contributed by atoms with Crippen LogP contribution in [-0.2, 0) is 19.6 Å². The second kappa shape index (κ2) is 10.3. The molecule has 3 aliphatic heterocycles. The van der Waals surface area contributed by atoms with Crippen LogP contribution < -0.4 is 0 Å². The first-order valence-corrected chi connectivity index (χ1v) is 12.9. The van der Waals surface area contributed by atoms with Gasteiger partial charge in [0, 0.05) is 57.9 Å². The highest BCUT2D eigenvalue weighted by atomic mass is 32.2. The zero-order chi connectivity index (χ0) is 22.6. The van der Waals surface area contributed by atoms with E-state index in [1.807, 2.05) is 4.90 Å². The van der Waals surface area contributed by atoms with Crippen molar-refractivity contribution in [2.45, 2.75) is 24.2 Å². The van der Waals surface area contributed by atoms with Crippen molar-refractivity contribution < 1.29 is 22.7 Å². The monoisotopic (exact) mass is 464 g/mol. The van der Waals surface area contributed by atoms with Crippen LogP contribution in [0.3, 0.4) is 0 Å². The van der Waals surface area contributed by atoms with Crippen LogP contribution in [0.4, 0.5) is 0 Å². The van der Waals surface area contributed by atoms with E-state index in [1.165, 1.54) is 22.9 Å². The van der Waals surface area contributed by atoms with Crippen molar-refractivity contribution >= 4 is 21.8 Å². The minimum absolute atomic E-state index is 0.135. The third-order valence-electron chi connectivity index (χ3n) is 6.42. The second-order valence-corrected chi connectivity index (χ2v) is 10.5. The standard InChI is InChI=1S/C22H32N4O5S/c27-21(24-7-2-1-3-8-24)18-23-9-11-25(12-10-23)22(28)19-5-4-6-20(17-19)32(29,30)26-13-15-31-16-14-26/h4-6,17H,1-3,7-16,18H2. The molecule has 32 heavy (non-hydrogen) atoms. The molecule has 0 aliphatic carbocycles. The van der Waals surface area contributed by atoms with Gasteiger partial charge >= 0.3 is 0 Å². The second-order valence-electron chi connectivity index (χ2n) is 8.55. The topological polar surface area (TPSA) is 90.5 Å². The van der Waals surface area contributed by atoms with Crippen LogP contribution in [0, 0.1) is 0 Å². The van der Waals surface area contributed by atoms with Crippen molar-refractivity contribution in [1.29, 1.82) is 0 Å². The summed E-state index contributed by atoms with van der Waals surface area (Å²) in [6, 6.07) is 6.28. The molecule has 0 spiro atoms. The van der Waals surface area contributed by atoms with Crippen LogP contribution in [0.2, 0.25) is 0 Å². The minimum atomic E-state index is -3.65. The van der Waals surface area contributed by atoms with Gasteiger partial charge in [0.25, 0.3) is 5.91 Å². The average molecular weight is 465 g/mol. The van der Waals surface area contributed by atoms with E-state index in [1.54, 1.807) is 17.0 Å². The van der Waals surface area contributed by atoms with Crippen LogP contribution in [-0.4, -0.2) is 111 Å². The molecule has 0 saturated carbocycles. The molecular weight excluding hydrogens is 432 g/mol. The van der Waals surface area contributed by atoms with Crippen molar-refractivity contribution in [1.82, 2.24) is 19.0 Å². The highest BCUT2D eigenvalue weighted by Gasteiger charge is 2.29. The molecule has 3 fully saturated rings. The van der Waals surface area contributed by atoms with Gasteiger partial charge < -0.3 is 14.5 Å². The SMILES string of the molecule is O=C(CN1CCN(C(=O)c2cccc(S(=O)(=O)N3CCOCC3)c2)CC1)N1CCCCC1. The predicted molar refractivity (Wildman–Crippen MR) is 119 cm³/mol. The molecule has 0 aromatic heterocycles. The fourth-order valence-electron chi connectivity index (χ4n) is 4.45. The molecule has 2 amide bonds. The van der Waals surface area contributed by atoms with Crippen molar-refractivity contribution in [2.24, 2.45) is 0 Å². The molecule has 3 saturated heterocycles. The summed E-state index contributed by atoms with van der Waals surface area (Å²) in [7, 11) is -3.65. The van der Waals surface area contributed by atoms with Crippen molar-refractivity contribution in [3.05, 3.63) is 29.8 Å². The maximum absolute atomic E-state index is 13.0. The van der Waals surface area contributed by atoms with E-state index >= 15 is 0 Å². The number of ether oxygens (including phenoxy) is 1. The highest BCUT2D eigenvalue weighted by molar-refractivity contribution is 7.89. The number of nitrogens with zero attached hydrogens (tertiary/aromatic N) is 4. The molecule has 0 atom stereocenters. The Bertz CT molecular complexity index is 918. The molecule has 3 heterocycles. The number of hydrogen-bond acceptors (Lipinski definition) is 6. The smallest absolute Gasteiger partial charge is 0.253 e. The Balaban J connectivity index is 1.34. The van der Waals surface area contributed by atoms with E-state index < -0.39 is 10.0 Å². The Morgan fingerprint density at radius 2 is 1.53 bits per heavy atom. The van der Waals surface area contributed by atoms with Crippen molar-refractivity contribution in [2.75, 3.05) is 72.1 Å². The lowest BCUT2D eigenvalue weighted by molar-refractivity contribution is -0.133. The fourth-order valence-corrected chi connectivity index (χ4v) is 5.91. The van der Waals surface area contributed by atoms with Crippen LogP contribution >= 0.6 is 0 Å². The number of amides is 2. The average Bonchev–Trinajstić information content (AvgIpc) is 2.85. The van der Waals surface area contributed by atoms with E-state index in [9.17, 15) is 18.0 Å². The molecule has 0 radical (unpaired) electrons. The number of carbonyl (C=O) groups excluding carboxylic acids is 2. The number of likely N-dealkylation sites (tertiary alicyclic amines) is 1. The van der Waals surface area contributed by atoms with E-state index in [0.717, 1.165) is 25.9 Å². The predicted octanol–water partition coefficient (Wildman–Crippen LogP) is 0.478. The number of carbonyl (C=O) groups is 2. The third kappa shape index (κ3) is 5.31. The number of morpholine rings is 1. The molecule has 176 valence electrons. The summed E-state index contributed by atoms with van der Waals surface area (Å²) in [5, 5.41) is 0. The Hall–Kier alpha value is -2.01. The number of hydrogen-bond donors (Lipinski definition) is 0. The van der Waals surface area contributed by atoms with Gasteiger partial charge in [-0.2, -0.15) is 4.31 Å². The lowest BCUT2D eigenvalue weighted by Gasteiger charge is -2.36. The summed E-state index contributed by atoms with van der Waals surface area (Å²) in [5.74, 6) is -0.00321. The molecular formula is C22H32N4O5S. The minimum Gasteiger partial charge on any atom is -0.379 e. The van der Waals surface area contributed by atoms with Gasteiger partial charge in [-0.1, -0.05) is 6.07 Å². The summed E-state index contributed by atoms with van der Waals surface area (Å²) in [6.07, 6.45) is 3.35. The van der Waals surface area contributed by atoms with Gasteiger partial charge in [-0.25, -0.2) is 8.42 Å². The first-order valence-electron chi connectivity index (χ1n) is 11.4. The first-order chi connectivity index (χ1) is 15.4.